The molecule has 2 atom stereocenters. The molecule has 0 bridgehead atoms. The minimum Gasteiger partial charge on any atom is -0.493 e. The van der Waals surface area contributed by atoms with Crippen LogP contribution in [0.5, 0.6) is 5.75 Å². The topological polar surface area (TPSA) is 75.2 Å². The summed E-state index contributed by atoms with van der Waals surface area (Å²) in [7, 11) is 0. The van der Waals surface area contributed by atoms with Crippen LogP contribution in [0.25, 0.3) is 10.9 Å². The number of imidazole rings is 1. The van der Waals surface area contributed by atoms with Crippen molar-refractivity contribution in [3.63, 3.8) is 0 Å². The fourth-order valence-electron chi connectivity index (χ4n) is 5.26. The van der Waals surface area contributed by atoms with Gasteiger partial charge in [-0.15, -0.1) is 0 Å². The van der Waals surface area contributed by atoms with Gasteiger partial charge in [-0.3, -0.25) is 9.69 Å². The summed E-state index contributed by atoms with van der Waals surface area (Å²) in [6.07, 6.45) is 4.33. The van der Waals surface area contributed by atoms with Crippen molar-refractivity contribution in [3.05, 3.63) is 84.6 Å². The van der Waals surface area contributed by atoms with Gasteiger partial charge in [0.25, 0.3) is 0 Å². The van der Waals surface area contributed by atoms with E-state index in [-0.39, 0.29) is 30.1 Å². The maximum atomic E-state index is 13.2. The Morgan fingerprint density at radius 2 is 2.03 bits per heavy atom. The number of para-hydroxylation sites is 1. The second-order valence-electron chi connectivity index (χ2n) is 10.1. The van der Waals surface area contributed by atoms with Crippen molar-refractivity contribution in [2.45, 2.75) is 32.1 Å². The Morgan fingerprint density at radius 3 is 2.85 bits per heavy atom. The number of piperidine rings is 1. The first-order valence-corrected chi connectivity index (χ1v) is 13.2. The number of H-pyrrole nitrogens is 1. The number of nitrogens with zero attached hydrogens (tertiary/aromatic N) is 3. The zero-order valence-electron chi connectivity index (χ0n) is 21.5. The van der Waals surface area contributed by atoms with Crippen LogP contribution in [-0.2, 0) is 24.1 Å². The molecule has 0 spiro atoms. The number of hydrogen-bond acceptors (Lipinski definition) is 4. The minimum atomic E-state index is -4.43. The number of likely N-dealkylation sites (tertiary alicyclic amines) is 1. The van der Waals surface area contributed by atoms with Crippen LogP contribution in [0.4, 0.5) is 13.2 Å². The van der Waals surface area contributed by atoms with Gasteiger partial charge < -0.3 is 19.6 Å². The van der Waals surface area contributed by atoms with Gasteiger partial charge in [-0.05, 0) is 42.7 Å². The summed E-state index contributed by atoms with van der Waals surface area (Å²) in [6.45, 7) is 3.51. The van der Waals surface area contributed by atoms with Crippen molar-refractivity contribution in [2.24, 2.45) is 11.8 Å². The van der Waals surface area contributed by atoms with E-state index in [2.05, 4.69) is 26.3 Å². The molecule has 1 amide bonds. The number of aromatic nitrogens is 3. The molecule has 7 nitrogen and oxygen atoms in total. The van der Waals surface area contributed by atoms with Gasteiger partial charge in [-0.2, -0.15) is 13.2 Å². The monoisotopic (exact) mass is 539 g/mol. The maximum absolute atomic E-state index is 13.2. The molecule has 10 heteroatoms. The summed E-state index contributed by atoms with van der Waals surface area (Å²) in [4.78, 5) is 22.7. The number of aryl methyl sites for hydroxylation is 1. The fraction of sp³-hybridized carbons (Fsp3) is 0.379. The van der Waals surface area contributed by atoms with Crippen LogP contribution in [0.15, 0.2) is 73.4 Å². The van der Waals surface area contributed by atoms with E-state index in [0.717, 1.165) is 41.6 Å². The van der Waals surface area contributed by atoms with Crippen molar-refractivity contribution in [1.82, 2.24) is 24.8 Å². The summed E-state index contributed by atoms with van der Waals surface area (Å²) < 4.78 is 47.2. The zero-order chi connectivity index (χ0) is 27.2. The highest BCUT2D eigenvalue weighted by Gasteiger charge is 2.33. The number of alkyl halides is 3. The van der Waals surface area contributed by atoms with E-state index in [0.29, 0.717) is 32.6 Å². The van der Waals surface area contributed by atoms with E-state index in [1.54, 1.807) is 12.5 Å². The Kier molecular flexibility index (Phi) is 8.21. The van der Waals surface area contributed by atoms with Crippen LogP contribution >= 0.6 is 0 Å². The van der Waals surface area contributed by atoms with Crippen LogP contribution < -0.4 is 10.1 Å². The van der Waals surface area contributed by atoms with Gasteiger partial charge in [-0.1, -0.05) is 24.3 Å². The Labute approximate surface area is 225 Å². The van der Waals surface area contributed by atoms with Gasteiger partial charge in [-0.25, -0.2) is 4.98 Å². The lowest BCUT2D eigenvalue weighted by Gasteiger charge is -2.37. The average Bonchev–Trinajstić information content (AvgIpc) is 3.60. The van der Waals surface area contributed by atoms with Gasteiger partial charge in [0.2, 0.25) is 5.91 Å². The summed E-state index contributed by atoms with van der Waals surface area (Å²) >= 11 is 0. The number of aromatic amines is 1. The molecule has 5 rings (SSSR count). The molecule has 1 fully saturated rings. The lowest BCUT2D eigenvalue weighted by Crippen LogP contribution is -2.47. The van der Waals surface area contributed by atoms with Crippen molar-refractivity contribution in [2.75, 3.05) is 26.2 Å². The van der Waals surface area contributed by atoms with E-state index in [9.17, 15) is 18.0 Å². The molecule has 1 aliphatic rings. The van der Waals surface area contributed by atoms with Gasteiger partial charge in [0, 0.05) is 68.1 Å². The first-order chi connectivity index (χ1) is 18.8. The van der Waals surface area contributed by atoms with Crippen molar-refractivity contribution in [1.29, 1.82) is 0 Å². The molecule has 1 aliphatic heterocycles. The number of halogens is 3. The SMILES string of the molecule is O=C(NCCCn1ccnc1)[C@@H]1C[C@H](COc2cccc(C(F)(F)F)c2)CN(Cc2c[nH]c3ccccc23)C1. The third-order valence-electron chi connectivity index (χ3n) is 7.15. The molecular weight excluding hydrogens is 507 g/mol. The molecule has 0 radical (unpaired) electrons. The van der Waals surface area contributed by atoms with Gasteiger partial charge in [0.1, 0.15) is 5.75 Å². The van der Waals surface area contributed by atoms with Crippen molar-refractivity contribution in [3.8, 4) is 5.75 Å². The Bertz CT molecular complexity index is 1370. The largest absolute Gasteiger partial charge is 0.493 e. The lowest BCUT2D eigenvalue weighted by molar-refractivity contribution is -0.137. The van der Waals surface area contributed by atoms with Crippen molar-refractivity contribution < 1.29 is 22.7 Å². The molecular formula is C29H32F3N5O2. The van der Waals surface area contributed by atoms with Gasteiger partial charge in [0.15, 0.2) is 0 Å². The lowest BCUT2D eigenvalue weighted by atomic mass is 9.88. The van der Waals surface area contributed by atoms with E-state index < -0.39 is 11.7 Å². The molecule has 0 unspecified atom stereocenters. The molecule has 4 aromatic rings. The van der Waals surface area contributed by atoms with Crippen LogP contribution in [0.3, 0.4) is 0 Å². The highest BCUT2D eigenvalue weighted by atomic mass is 19.4. The fourth-order valence-corrected chi connectivity index (χ4v) is 5.26. The minimum absolute atomic E-state index is 0.00618. The number of carbonyl (C=O) groups is 1. The highest BCUT2D eigenvalue weighted by molar-refractivity contribution is 5.83. The van der Waals surface area contributed by atoms with E-state index in [1.165, 1.54) is 12.1 Å². The second kappa shape index (κ2) is 11.9. The standard InChI is InChI=1S/C29H32F3N5O2/c30-29(31,32)24-5-3-6-25(14-24)39-19-21-13-22(28(38)34-9-4-11-36-12-10-33-20-36)17-37(16-21)18-23-15-35-27-8-2-1-7-26(23)27/h1-3,5-8,10,12,14-15,20-22,35H,4,9,11,13,16-19H2,(H,34,38)/t21-,22+/m0/s1. The number of benzene rings is 2. The molecule has 1 saturated heterocycles. The number of nitrogens with one attached hydrogen (secondary N) is 2. The molecule has 39 heavy (non-hydrogen) atoms. The van der Waals surface area contributed by atoms with E-state index >= 15 is 0 Å². The van der Waals surface area contributed by atoms with Crippen LogP contribution in [0.1, 0.15) is 24.0 Å². The summed E-state index contributed by atoms with van der Waals surface area (Å²) in [5.41, 5.74) is 1.46. The second-order valence-corrected chi connectivity index (χ2v) is 10.1. The predicted molar refractivity (Wildman–Crippen MR) is 142 cm³/mol. The van der Waals surface area contributed by atoms with Crippen LogP contribution in [-0.4, -0.2) is 51.6 Å². The summed E-state index contributed by atoms with van der Waals surface area (Å²) in [6, 6.07) is 13.0. The Hall–Kier alpha value is -3.79. The zero-order valence-corrected chi connectivity index (χ0v) is 21.5. The number of amides is 1. The van der Waals surface area contributed by atoms with Crippen molar-refractivity contribution >= 4 is 16.8 Å². The van der Waals surface area contributed by atoms with E-state index in [4.69, 9.17) is 4.74 Å². The molecule has 2 aromatic heterocycles. The molecule has 3 heterocycles. The number of hydrogen-bond donors (Lipinski definition) is 2. The normalized spacial score (nSPS) is 18.3. The first-order valence-electron chi connectivity index (χ1n) is 13.2. The van der Waals surface area contributed by atoms with Gasteiger partial charge in [0.05, 0.1) is 24.4 Å². The summed E-state index contributed by atoms with van der Waals surface area (Å²) in [5.74, 6) is -0.0834. The number of rotatable bonds is 10. The average molecular weight is 540 g/mol. The summed E-state index contributed by atoms with van der Waals surface area (Å²) in [5, 5.41) is 4.21. The first kappa shape index (κ1) is 26.8. The van der Waals surface area contributed by atoms with Crippen LogP contribution in [0.2, 0.25) is 0 Å². The Balaban J connectivity index is 1.24. The Morgan fingerprint density at radius 1 is 1.15 bits per heavy atom. The third kappa shape index (κ3) is 7.00. The third-order valence-corrected chi connectivity index (χ3v) is 7.15. The molecule has 2 N–H and O–H groups in total. The highest BCUT2D eigenvalue weighted by Crippen LogP contribution is 2.32. The number of carbonyl (C=O) groups excluding carboxylic acids is 1. The molecule has 0 aliphatic carbocycles. The quantitative estimate of drug-likeness (QED) is 0.275. The number of fused-ring (bicyclic) bond motifs is 1. The van der Waals surface area contributed by atoms with Crippen LogP contribution in [0, 0.1) is 11.8 Å². The number of ether oxygens (including phenoxy) is 1. The van der Waals surface area contributed by atoms with Gasteiger partial charge >= 0.3 is 6.18 Å². The molecule has 206 valence electrons. The van der Waals surface area contributed by atoms with E-state index in [1.807, 2.05) is 35.2 Å². The molecule has 0 saturated carbocycles. The smallest absolute Gasteiger partial charge is 0.416 e. The predicted octanol–water partition coefficient (Wildman–Crippen LogP) is 5.11. The maximum Gasteiger partial charge on any atom is 0.416 e. The molecule has 2 aromatic carbocycles.